The Balaban J connectivity index is 0.000000200. The summed E-state index contributed by atoms with van der Waals surface area (Å²) in [6, 6.07) is 36.1. The first-order chi connectivity index (χ1) is 33.3. The number of allylic oxidation sites excluding steroid dienone is 3. The molecular formula is C55H50BrClN2O8S2. The fraction of sp³-hybridized carbons (Fsp3) is 0.164. The van der Waals surface area contributed by atoms with Crippen molar-refractivity contribution in [3.05, 3.63) is 188 Å². The third-order valence-electron chi connectivity index (χ3n) is 11.0. The number of carbonyl (C=O) groups is 4. The Kier molecular flexibility index (Phi) is 18.3. The minimum absolute atomic E-state index is 0.0648. The average Bonchev–Trinajstić information content (AvgIpc) is 4.06. The molecule has 9 rings (SSSR count). The number of carbonyl (C=O) groups excluding carboxylic acids is 2. The molecule has 2 amide bonds. The Hall–Kier alpha value is -6.77. The van der Waals surface area contributed by atoms with E-state index in [1.807, 2.05) is 99.7 Å². The van der Waals surface area contributed by atoms with E-state index in [0.717, 1.165) is 49.2 Å². The van der Waals surface area contributed by atoms with E-state index in [9.17, 15) is 29.4 Å². The average molecular weight is 1050 g/mol. The Morgan fingerprint density at radius 2 is 1.28 bits per heavy atom. The second-order valence-electron chi connectivity index (χ2n) is 15.6. The molecule has 14 heteroatoms. The number of halogens is 2. The highest BCUT2D eigenvalue weighted by molar-refractivity contribution is 9.10. The highest BCUT2D eigenvalue weighted by Crippen LogP contribution is 2.46. The van der Waals surface area contributed by atoms with Crippen LogP contribution < -0.4 is 20.1 Å². The molecule has 0 radical (unpaired) electrons. The Morgan fingerprint density at radius 3 is 1.78 bits per heavy atom. The standard InChI is InChI=1S/C26H18ClNO3S.C22H18BrNO5S.C4H8.C3H6/c27-16-11-9-15(10-12-16)25-24(26(30)31)22(14-32-25)28-23(29)13-21-19-7-3-1-5-17(19)18-6-2-4-8-20(18)21;1-28-16-6-7-18-13(9-16)8-14(10-29-18)21(25)24-17-11-30-20(19(17)22(26)27)12-2-4-15(23)5-3-12;1-3-4-2;1-3-2/h1-12,14,21H,13H2,(H,28,29)(H,30,31);2-7,9,11,14H,8,10H2,1H3,(H,24,25)(H,26,27);3-4H,1-2H3;3H,1H2,2H3/b;;4-3-;. The van der Waals surface area contributed by atoms with Crippen LogP contribution in [0.2, 0.25) is 5.02 Å². The number of benzene rings is 5. The Morgan fingerprint density at radius 1 is 0.768 bits per heavy atom. The van der Waals surface area contributed by atoms with Crippen LogP contribution in [0.3, 0.4) is 0 Å². The maximum atomic E-state index is 13.0. The number of carboxylic acid groups (broad SMARTS) is 2. The molecule has 1 aliphatic heterocycles. The van der Waals surface area contributed by atoms with Crippen molar-refractivity contribution >= 4 is 85.3 Å². The number of aromatic carboxylic acids is 2. The lowest BCUT2D eigenvalue weighted by Crippen LogP contribution is -2.32. The molecule has 10 nitrogen and oxygen atoms in total. The van der Waals surface area contributed by atoms with Crippen molar-refractivity contribution < 1.29 is 38.9 Å². The molecule has 1 atom stereocenters. The molecule has 0 fully saturated rings. The van der Waals surface area contributed by atoms with Crippen LogP contribution in [0.5, 0.6) is 11.5 Å². The second-order valence-corrected chi connectivity index (χ2v) is 18.7. The SMILES string of the molecule is C/C=C\C.C=CC.COc1ccc2c(c1)CC(C(=O)Nc1csc(-c3ccc(Br)cc3)c1C(=O)O)CO2.O=C(CC1c2ccccc2-c2ccccc21)Nc1csc(-c2ccc(Cl)cc2)c1C(=O)O. The summed E-state index contributed by atoms with van der Waals surface area (Å²) in [5, 5.41) is 29.2. The normalized spacial score (nSPS) is 13.0. The van der Waals surface area contributed by atoms with Gasteiger partial charge in [0.1, 0.15) is 29.2 Å². The van der Waals surface area contributed by atoms with E-state index in [1.165, 1.54) is 22.7 Å². The third kappa shape index (κ3) is 12.7. The van der Waals surface area contributed by atoms with Crippen molar-refractivity contribution in [3.8, 4) is 43.5 Å². The van der Waals surface area contributed by atoms with Crippen molar-refractivity contribution in [2.24, 2.45) is 5.92 Å². The van der Waals surface area contributed by atoms with Gasteiger partial charge in [-0.1, -0.05) is 119 Å². The van der Waals surface area contributed by atoms with Crippen molar-refractivity contribution in [3.63, 3.8) is 0 Å². The Labute approximate surface area is 423 Å². The van der Waals surface area contributed by atoms with Gasteiger partial charge in [0, 0.05) is 32.6 Å². The van der Waals surface area contributed by atoms with Crippen LogP contribution in [-0.4, -0.2) is 47.7 Å². The zero-order valence-electron chi connectivity index (χ0n) is 38.3. The lowest BCUT2D eigenvalue weighted by molar-refractivity contribution is -0.121. The number of hydrogen-bond acceptors (Lipinski definition) is 8. The number of ether oxygens (including phenoxy) is 2. The van der Waals surface area contributed by atoms with Gasteiger partial charge < -0.3 is 30.3 Å². The molecule has 1 aliphatic carbocycles. The number of rotatable bonds is 10. The van der Waals surface area contributed by atoms with Crippen LogP contribution in [0, 0.1) is 5.92 Å². The molecule has 69 heavy (non-hydrogen) atoms. The summed E-state index contributed by atoms with van der Waals surface area (Å²) in [4.78, 5) is 51.1. The minimum Gasteiger partial charge on any atom is -0.497 e. The molecule has 4 N–H and O–H groups in total. The molecule has 1 unspecified atom stereocenters. The van der Waals surface area contributed by atoms with Gasteiger partial charge in [-0.05, 0) is 109 Å². The highest BCUT2D eigenvalue weighted by atomic mass is 79.9. The van der Waals surface area contributed by atoms with Gasteiger partial charge in [0.15, 0.2) is 0 Å². The molecule has 354 valence electrons. The van der Waals surface area contributed by atoms with Gasteiger partial charge in [0.25, 0.3) is 0 Å². The number of thiophene rings is 2. The summed E-state index contributed by atoms with van der Waals surface area (Å²) >= 11 is 11.9. The predicted octanol–water partition coefficient (Wildman–Crippen LogP) is 14.8. The van der Waals surface area contributed by atoms with Gasteiger partial charge in [0.2, 0.25) is 11.8 Å². The Bertz CT molecular complexity index is 2930. The lowest BCUT2D eigenvalue weighted by atomic mass is 9.93. The van der Waals surface area contributed by atoms with Crippen molar-refractivity contribution in [2.45, 2.75) is 39.5 Å². The summed E-state index contributed by atoms with van der Waals surface area (Å²) in [6.07, 6.45) is 6.48. The molecular weight excluding hydrogens is 996 g/mol. The van der Waals surface area contributed by atoms with E-state index >= 15 is 0 Å². The van der Waals surface area contributed by atoms with Gasteiger partial charge >= 0.3 is 11.9 Å². The van der Waals surface area contributed by atoms with E-state index in [4.69, 9.17) is 21.1 Å². The lowest BCUT2D eigenvalue weighted by Gasteiger charge is -2.25. The summed E-state index contributed by atoms with van der Waals surface area (Å²) in [6.45, 7) is 9.48. The summed E-state index contributed by atoms with van der Waals surface area (Å²) in [5.41, 5.74) is 7.75. The van der Waals surface area contributed by atoms with E-state index in [-0.39, 0.29) is 41.9 Å². The van der Waals surface area contributed by atoms with Gasteiger partial charge in [-0.15, -0.1) is 29.3 Å². The number of nitrogens with one attached hydrogen (secondary N) is 2. The van der Waals surface area contributed by atoms with Gasteiger partial charge in [0.05, 0.1) is 34.2 Å². The number of carboxylic acids is 2. The zero-order chi connectivity index (χ0) is 49.6. The van der Waals surface area contributed by atoms with E-state index in [0.29, 0.717) is 38.3 Å². The van der Waals surface area contributed by atoms with Crippen LogP contribution in [0.4, 0.5) is 11.4 Å². The fourth-order valence-electron chi connectivity index (χ4n) is 7.72. The molecule has 7 aromatic rings. The first-order valence-electron chi connectivity index (χ1n) is 21.8. The van der Waals surface area contributed by atoms with Crippen LogP contribution in [0.1, 0.15) is 70.5 Å². The molecule has 0 bridgehead atoms. The van der Waals surface area contributed by atoms with Gasteiger partial charge in [-0.25, -0.2) is 9.59 Å². The summed E-state index contributed by atoms with van der Waals surface area (Å²) in [5.74, 6) is -1.71. The maximum absolute atomic E-state index is 13.0. The molecule has 2 aromatic heterocycles. The van der Waals surface area contributed by atoms with Gasteiger partial charge in [-0.3, -0.25) is 9.59 Å². The van der Waals surface area contributed by atoms with Crippen molar-refractivity contribution in [2.75, 3.05) is 24.4 Å². The molecule has 0 spiro atoms. The maximum Gasteiger partial charge on any atom is 0.339 e. The quantitative estimate of drug-likeness (QED) is 0.0989. The smallest absolute Gasteiger partial charge is 0.339 e. The molecule has 0 saturated carbocycles. The number of anilines is 2. The summed E-state index contributed by atoms with van der Waals surface area (Å²) < 4.78 is 11.9. The van der Waals surface area contributed by atoms with E-state index in [2.05, 4.69) is 57.4 Å². The minimum atomic E-state index is -1.08. The highest BCUT2D eigenvalue weighted by Gasteiger charge is 2.31. The largest absolute Gasteiger partial charge is 0.497 e. The third-order valence-corrected chi connectivity index (χ3v) is 13.8. The van der Waals surface area contributed by atoms with Gasteiger partial charge in [-0.2, -0.15) is 0 Å². The van der Waals surface area contributed by atoms with E-state index in [1.54, 1.807) is 48.2 Å². The first-order valence-corrected chi connectivity index (χ1v) is 24.7. The molecule has 0 saturated heterocycles. The molecule has 5 aromatic carbocycles. The van der Waals surface area contributed by atoms with Crippen molar-refractivity contribution in [1.82, 2.24) is 0 Å². The first kappa shape index (κ1) is 51.6. The number of amides is 2. The molecule has 2 aliphatic rings. The van der Waals surface area contributed by atoms with Crippen LogP contribution in [0.15, 0.2) is 155 Å². The predicted molar refractivity (Wildman–Crippen MR) is 284 cm³/mol. The topological polar surface area (TPSA) is 151 Å². The monoisotopic (exact) mass is 1040 g/mol. The second kappa shape index (κ2) is 24.5. The van der Waals surface area contributed by atoms with Crippen LogP contribution in [-0.2, 0) is 16.0 Å². The van der Waals surface area contributed by atoms with Crippen molar-refractivity contribution in [1.29, 1.82) is 0 Å². The number of hydrogen-bond donors (Lipinski definition) is 4. The number of fused-ring (bicyclic) bond motifs is 4. The fourth-order valence-corrected chi connectivity index (χ4v) is 10.1. The summed E-state index contributed by atoms with van der Waals surface area (Å²) in [7, 11) is 1.59. The number of methoxy groups -OCH3 is 1. The van der Waals surface area contributed by atoms with Crippen LogP contribution >= 0.6 is 50.2 Å². The van der Waals surface area contributed by atoms with Crippen LogP contribution in [0.25, 0.3) is 32.0 Å². The van der Waals surface area contributed by atoms with E-state index < -0.39 is 17.9 Å². The molecule has 3 heterocycles. The zero-order valence-corrected chi connectivity index (χ0v) is 42.2.